The van der Waals surface area contributed by atoms with E-state index in [2.05, 4.69) is 5.10 Å². The van der Waals surface area contributed by atoms with E-state index >= 15 is 0 Å². The number of hydrogen-bond donors (Lipinski definition) is 1. The Morgan fingerprint density at radius 2 is 2.64 bits per heavy atom. The molecule has 2 rings (SSSR count). The predicted octanol–water partition coefficient (Wildman–Crippen LogP) is 0.158. The average Bonchev–Trinajstić information content (AvgIpc) is 2.47. The van der Waals surface area contributed by atoms with Crippen LogP contribution >= 0.6 is 0 Å². The van der Waals surface area contributed by atoms with Crippen LogP contribution in [0, 0.1) is 0 Å². The van der Waals surface area contributed by atoms with Crippen LogP contribution in [0.4, 0.5) is 0 Å². The Hall–Kier alpha value is -1.03. The largest absolute Gasteiger partial charge is 0.478 e. The van der Waals surface area contributed by atoms with Crippen LogP contribution in [0.3, 0.4) is 0 Å². The van der Waals surface area contributed by atoms with Crippen LogP contribution in [0.5, 0.6) is 5.88 Å². The lowest BCUT2D eigenvalue weighted by atomic mass is 10.3. The zero-order valence-corrected chi connectivity index (χ0v) is 6.16. The summed E-state index contributed by atoms with van der Waals surface area (Å²) < 4.78 is 7.11. The second-order valence-electron chi connectivity index (χ2n) is 2.56. The van der Waals surface area contributed by atoms with E-state index in [1.165, 1.54) is 0 Å². The molecule has 2 heterocycles. The maximum absolute atomic E-state index is 8.85. The first-order valence-electron chi connectivity index (χ1n) is 3.70. The van der Waals surface area contributed by atoms with Crippen LogP contribution in [-0.2, 0) is 13.2 Å². The minimum atomic E-state index is 0.00926. The molecule has 0 spiro atoms. The van der Waals surface area contributed by atoms with Crippen LogP contribution in [0.25, 0.3) is 0 Å². The Kier molecular flexibility index (Phi) is 1.54. The van der Waals surface area contributed by atoms with Gasteiger partial charge in [0.05, 0.1) is 25.0 Å². The summed E-state index contributed by atoms with van der Waals surface area (Å²) in [5.41, 5.74) is 0.782. The fourth-order valence-electron chi connectivity index (χ4n) is 1.23. The molecule has 1 aliphatic heterocycles. The number of ether oxygens (including phenoxy) is 1. The van der Waals surface area contributed by atoms with E-state index in [0.29, 0.717) is 0 Å². The van der Waals surface area contributed by atoms with E-state index in [0.717, 1.165) is 31.0 Å². The van der Waals surface area contributed by atoms with Crippen molar-refractivity contribution < 1.29 is 9.84 Å². The van der Waals surface area contributed by atoms with Crippen LogP contribution in [0.2, 0.25) is 0 Å². The molecular weight excluding hydrogens is 144 g/mol. The molecule has 0 amide bonds. The Morgan fingerprint density at radius 1 is 1.73 bits per heavy atom. The Labute approximate surface area is 64.4 Å². The number of aryl methyl sites for hydroxylation is 1. The van der Waals surface area contributed by atoms with Crippen molar-refractivity contribution in [1.82, 2.24) is 9.78 Å². The van der Waals surface area contributed by atoms with E-state index < -0.39 is 0 Å². The summed E-state index contributed by atoms with van der Waals surface area (Å²) in [6.45, 7) is 1.64. The minimum Gasteiger partial charge on any atom is -0.478 e. The first kappa shape index (κ1) is 6.67. The van der Waals surface area contributed by atoms with Gasteiger partial charge < -0.3 is 9.84 Å². The molecule has 0 atom stereocenters. The third-order valence-corrected chi connectivity index (χ3v) is 1.79. The maximum Gasteiger partial charge on any atom is 0.217 e. The smallest absolute Gasteiger partial charge is 0.217 e. The van der Waals surface area contributed by atoms with Gasteiger partial charge in [-0.15, -0.1) is 0 Å². The number of aliphatic hydroxyl groups excluding tert-OH is 1. The number of nitrogens with zero attached hydrogens (tertiary/aromatic N) is 2. The highest BCUT2D eigenvalue weighted by atomic mass is 16.5. The molecule has 0 saturated carbocycles. The summed E-state index contributed by atoms with van der Waals surface area (Å²) in [7, 11) is 0. The Morgan fingerprint density at radius 3 is 3.45 bits per heavy atom. The summed E-state index contributed by atoms with van der Waals surface area (Å²) >= 11 is 0. The van der Waals surface area contributed by atoms with Crippen LogP contribution in [0.1, 0.15) is 12.0 Å². The van der Waals surface area contributed by atoms with Gasteiger partial charge in [-0.1, -0.05) is 0 Å². The van der Waals surface area contributed by atoms with Gasteiger partial charge in [-0.05, 0) is 0 Å². The molecule has 0 aromatic carbocycles. The van der Waals surface area contributed by atoms with Gasteiger partial charge in [-0.2, -0.15) is 5.10 Å². The summed E-state index contributed by atoms with van der Waals surface area (Å²) in [6.07, 6.45) is 2.65. The van der Waals surface area contributed by atoms with Crippen molar-refractivity contribution in [3.63, 3.8) is 0 Å². The van der Waals surface area contributed by atoms with Crippen molar-refractivity contribution in [3.05, 3.63) is 11.8 Å². The van der Waals surface area contributed by atoms with E-state index in [1.807, 2.05) is 0 Å². The predicted molar refractivity (Wildman–Crippen MR) is 38.3 cm³/mol. The van der Waals surface area contributed by atoms with E-state index in [1.54, 1.807) is 10.9 Å². The van der Waals surface area contributed by atoms with Crippen molar-refractivity contribution in [2.24, 2.45) is 0 Å². The van der Waals surface area contributed by atoms with Crippen LogP contribution in [-0.4, -0.2) is 21.5 Å². The molecule has 1 aromatic heterocycles. The van der Waals surface area contributed by atoms with Gasteiger partial charge in [0, 0.05) is 13.0 Å². The van der Waals surface area contributed by atoms with Gasteiger partial charge in [0.1, 0.15) is 0 Å². The lowest BCUT2D eigenvalue weighted by Crippen LogP contribution is -2.15. The van der Waals surface area contributed by atoms with Crippen LogP contribution in [0.15, 0.2) is 6.20 Å². The fraction of sp³-hybridized carbons (Fsp3) is 0.571. The third kappa shape index (κ3) is 0.991. The maximum atomic E-state index is 8.85. The standard InChI is InChI=1S/C7H10N2O2/c10-5-6-4-8-9-2-1-3-11-7(6)9/h4,10H,1-3,5H2. The number of aromatic nitrogens is 2. The highest BCUT2D eigenvalue weighted by molar-refractivity contribution is 5.23. The molecule has 0 unspecified atom stereocenters. The summed E-state index contributed by atoms with van der Waals surface area (Å²) in [6, 6.07) is 0. The highest BCUT2D eigenvalue weighted by Gasteiger charge is 2.14. The Bertz CT molecular complexity index is 243. The molecule has 1 N–H and O–H groups in total. The molecule has 1 aliphatic rings. The van der Waals surface area contributed by atoms with Gasteiger partial charge in [0.25, 0.3) is 0 Å². The third-order valence-electron chi connectivity index (χ3n) is 1.79. The monoisotopic (exact) mass is 154 g/mol. The highest BCUT2D eigenvalue weighted by Crippen LogP contribution is 2.21. The van der Waals surface area contributed by atoms with Gasteiger partial charge in [0.2, 0.25) is 5.88 Å². The topological polar surface area (TPSA) is 47.3 Å². The zero-order valence-electron chi connectivity index (χ0n) is 6.16. The quantitative estimate of drug-likeness (QED) is 0.626. The first-order chi connectivity index (χ1) is 5.42. The normalized spacial score (nSPS) is 15.7. The van der Waals surface area contributed by atoms with Gasteiger partial charge in [-0.3, -0.25) is 0 Å². The number of aliphatic hydroxyl groups is 1. The fourth-order valence-corrected chi connectivity index (χ4v) is 1.23. The molecule has 60 valence electrons. The minimum absolute atomic E-state index is 0.00926. The van der Waals surface area contributed by atoms with Gasteiger partial charge in [-0.25, -0.2) is 4.68 Å². The summed E-state index contributed by atoms with van der Waals surface area (Å²) in [5, 5.41) is 12.9. The van der Waals surface area contributed by atoms with Gasteiger partial charge >= 0.3 is 0 Å². The van der Waals surface area contributed by atoms with E-state index in [4.69, 9.17) is 9.84 Å². The zero-order chi connectivity index (χ0) is 7.68. The van der Waals surface area contributed by atoms with Crippen LogP contribution < -0.4 is 4.74 Å². The molecule has 0 saturated heterocycles. The second kappa shape index (κ2) is 2.54. The molecule has 0 bridgehead atoms. The molecule has 0 aliphatic carbocycles. The molecule has 4 nitrogen and oxygen atoms in total. The lowest BCUT2D eigenvalue weighted by Gasteiger charge is -2.15. The summed E-state index contributed by atoms with van der Waals surface area (Å²) in [5.74, 6) is 0.735. The van der Waals surface area contributed by atoms with Crippen molar-refractivity contribution in [2.45, 2.75) is 19.6 Å². The molecule has 0 fully saturated rings. The lowest BCUT2D eigenvalue weighted by molar-refractivity contribution is 0.216. The summed E-state index contributed by atoms with van der Waals surface area (Å²) in [4.78, 5) is 0. The molecule has 0 radical (unpaired) electrons. The van der Waals surface area contributed by atoms with E-state index in [9.17, 15) is 0 Å². The van der Waals surface area contributed by atoms with Crippen molar-refractivity contribution in [3.8, 4) is 5.88 Å². The van der Waals surface area contributed by atoms with Crippen molar-refractivity contribution in [1.29, 1.82) is 0 Å². The van der Waals surface area contributed by atoms with Crippen molar-refractivity contribution in [2.75, 3.05) is 6.61 Å². The molecular formula is C7H10N2O2. The first-order valence-corrected chi connectivity index (χ1v) is 3.70. The number of hydrogen-bond acceptors (Lipinski definition) is 3. The van der Waals surface area contributed by atoms with E-state index in [-0.39, 0.29) is 6.61 Å². The van der Waals surface area contributed by atoms with Crippen molar-refractivity contribution >= 4 is 0 Å². The number of rotatable bonds is 1. The SMILES string of the molecule is OCc1cnn2c1OCCC2. The average molecular weight is 154 g/mol. The molecule has 1 aromatic rings. The van der Waals surface area contributed by atoms with Gasteiger partial charge in [0.15, 0.2) is 0 Å². The Balaban J connectivity index is 2.38. The molecule has 4 heteroatoms. The molecule has 11 heavy (non-hydrogen) atoms. The number of fused-ring (bicyclic) bond motifs is 1. The second-order valence-corrected chi connectivity index (χ2v) is 2.56.